The zero-order valence-corrected chi connectivity index (χ0v) is 18.6. The summed E-state index contributed by atoms with van der Waals surface area (Å²) >= 11 is 4.98. The van der Waals surface area contributed by atoms with Crippen molar-refractivity contribution >= 4 is 40.4 Å². The molecule has 0 bridgehead atoms. The Morgan fingerprint density at radius 3 is 2.73 bits per heavy atom. The van der Waals surface area contributed by atoms with Crippen molar-refractivity contribution in [1.29, 1.82) is 0 Å². The van der Waals surface area contributed by atoms with Gasteiger partial charge < -0.3 is 4.74 Å². The van der Waals surface area contributed by atoms with Crippen LogP contribution in [0.4, 0.5) is 0 Å². The van der Waals surface area contributed by atoms with Gasteiger partial charge in [-0.05, 0) is 36.4 Å². The molecule has 0 amide bonds. The lowest BCUT2D eigenvalue weighted by Gasteiger charge is -2.07. The number of methoxy groups -OCH3 is 1. The minimum atomic E-state index is -0.334. The van der Waals surface area contributed by atoms with E-state index < -0.39 is 0 Å². The van der Waals surface area contributed by atoms with Crippen molar-refractivity contribution in [3.8, 4) is 21.3 Å². The van der Waals surface area contributed by atoms with Gasteiger partial charge in [-0.25, -0.2) is 9.78 Å². The van der Waals surface area contributed by atoms with E-state index in [-0.39, 0.29) is 5.97 Å². The summed E-state index contributed by atoms with van der Waals surface area (Å²) < 4.78 is 7.04. The second-order valence-electron chi connectivity index (χ2n) is 6.89. The third-order valence-corrected chi connectivity index (χ3v) is 7.55. The van der Waals surface area contributed by atoms with E-state index in [2.05, 4.69) is 31.6 Å². The van der Waals surface area contributed by atoms with Crippen molar-refractivity contribution < 1.29 is 9.53 Å². The van der Waals surface area contributed by atoms with Crippen LogP contribution in [-0.2, 0) is 10.5 Å². The van der Waals surface area contributed by atoms with Crippen LogP contribution >= 0.6 is 34.4 Å². The third-order valence-electron chi connectivity index (χ3n) is 4.77. The molecule has 0 N–H and O–H groups in total. The van der Waals surface area contributed by atoms with Gasteiger partial charge in [0.15, 0.2) is 11.0 Å². The fourth-order valence-corrected chi connectivity index (χ4v) is 5.66. The van der Waals surface area contributed by atoms with Crippen LogP contribution in [-0.4, -0.2) is 32.8 Å². The van der Waals surface area contributed by atoms with Gasteiger partial charge in [0.2, 0.25) is 0 Å². The molecule has 0 saturated heterocycles. The molecule has 0 spiro atoms. The number of esters is 1. The van der Waals surface area contributed by atoms with Crippen LogP contribution < -0.4 is 0 Å². The largest absolute Gasteiger partial charge is 0.465 e. The molecular weight excluding hydrogens is 436 g/mol. The first kappa shape index (κ1) is 19.5. The van der Waals surface area contributed by atoms with Crippen LogP contribution in [0.1, 0.15) is 34.9 Å². The summed E-state index contributed by atoms with van der Waals surface area (Å²) in [7, 11) is 1.38. The van der Waals surface area contributed by atoms with Crippen LogP contribution in [0.5, 0.6) is 0 Å². The Kier molecular flexibility index (Phi) is 5.41. The Labute approximate surface area is 186 Å². The fraction of sp³-hybridized carbons (Fsp3) is 0.238. The van der Waals surface area contributed by atoms with Crippen molar-refractivity contribution in [2.45, 2.75) is 29.8 Å². The molecule has 6 nitrogen and oxygen atoms in total. The smallest absolute Gasteiger partial charge is 0.337 e. The predicted octanol–water partition coefficient (Wildman–Crippen LogP) is 5.54. The highest BCUT2D eigenvalue weighted by atomic mass is 32.2. The van der Waals surface area contributed by atoms with E-state index in [1.807, 2.05) is 18.2 Å². The summed E-state index contributed by atoms with van der Waals surface area (Å²) in [6.07, 6.45) is 2.37. The number of benzene rings is 1. The number of nitrogens with zero attached hydrogens (tertiary/aromatic N) is 4. The molecule has 1 fully saturated rings. The number of aromatic nitrogens is 4. The van der Waals surface area contributed by atoms with Gasteiger partial charge in [-0.1, -0.05) is 30.0 Å². The first-order valence-corrected chi connectivity index (χ1v) is 12.2. The second-order valence-corrected chi connectivity index (χ2v) is 9.63. The van der Waals surface area contributed by atoms with E-state index in [1.54, 1.807) is 46.6 Å². The molecule has 1 aliphatic carbocycles. The van der Waals surface area contributed by atoms with Crippen LogP contribution in [0.3, 0.4) is 0 Å². The Balaban J connectivity index is 1.30. The van der Waals surface area contributed by atoms with Crippen molar-refractivity contribution in [2.24, 2.45) is 0 Å². The predicted molar refractivity (Wildman–Crippen MR) is 120 cm³/mol. The Bertz CT molecular complexity index is 1160. The van der Waals surface area contributed by atoms with Crippen molar-refractivity contribution in [2.75, 3.05) is 7.11 Å². The van der Waals surface area contributed by atoms with Gasteiger partial charge in [0, 0.05) is 22.7 Å². The number of thiophene rings is 1. The number of rotatable bonds is 7. The number of hydrogen-bond donors (Lipinski definition) is 0. The normalized spacial score (nSPS) is 13.5. The first-order chi connectivity index (χ1) is 14.7. The van der Waals surface area contributed by atoms with Gasteiger partial charge in [0.25, 0.3) is 0 Å². The summed E-state index contributed by atoms with van der Waals surface area (Å²) in [5.74, 6) is 1.38. The molecule has 3 heterocycles. The number of thiazole rings is 1. The lowest BCUT2D eigenvalue weighted by Crippen LogP contribution is -2.00. The number of carbonyl (C=O) groups excluding carboxylic acids is 1. The summed E-state index contributed by atoms with van der Waals surface area (Å²) in [4.78, 5) is 17.5. The molecule has 1 aliphatic rings. The maximum atomic E-state index is 11.6. The lowest BCUT2D eigenvalue weighted by atomic mass is 10.1. The summed E-state index contributed by atoms with van der Waals surface area (Å²) in [5, 5.41) is 15.0. The molecule has 9 heteroatoms. The van der Waals surface area contributed by atoms with Crippen molar-refractivity contribution in [1.82, 2.24) is 19.7 Å². The minimum Gasteiger partial charge on any atom is -0.465 e. The fourth-order valence-electron chi connectivity index (χ4n) is 3.12. The standard InChI is InChI=1S/C21H18N4O2S3/c1-27-20(26)14-6-4-13(5-7-14)19-22-15(11-29-19)12-30-21-24-23-18(17-3-2-10-28-17)25(21)16-8-9-16/h2-7,10-11,16H,8-9,12H2,1H3. The van der Waals surface area contributed by atoms with Crippen molar-refractivity contribution in [3.05, 3.63) is 58.4 Å². The minimum absolute atomic E-state index is 0.334. The average Bonchev–Trinajstić information content (AvgIpc) is 3.18. The van der Waals surface area contributed by atoms with Gasteiger partial charge in [-0.15, -0.1) is 32.9 Å². The van der Waals surface area contributed by atoms with Crippen LogP contribution in [0, 0.1) is 0 Å². The van der Waals surface area contributed by atoms with Gasteiger partial charge in [-0.3, -0.25) is 4.57 Å². The molecule has 3 aromatic heterocycles. The lowest BCUT2D eigenvalue weighted by molar-refractivity contribution is 0.0601. The second kappa shape index (κ2) is 8.33. The Morgan fingerprint density at radius 2 is 2.03 bits per heavy atom. The third kappa shape index (κ3) is 3.92. The van der Waals surface area contributed by atoms with E-state index in [9.17, 15) is 4.79 Å². The zero-order chi connectivity index (χ0) is 20.5. The molecule has 1 aromatic carbocycles. The van der Waals surface area contributed by atoms with Gasteiger partial charge >= 0.3 is 5.97 Å². The highest BCUT2D eigenvalue weighted by molar-refractivity contribution is 7.98. The van der Waals surface area contributed by atoms with E-state index >= 15 is 0 Å². The van der Waals surface area contributed by atoms with E-state index in [0.29, 0.717) is 11.6 Å². The molecule has 1 saturated carbocycles. The topological polar surface area (TPSA) is 69.9 Å². The summed E-state index contributed by atoms with van der Waals surface area (Å²) in [5.41, 5.74) is 2.54. The molecule has 5 rings (SSSR count). The van der Waals surface area contributed by atoms with Crippen LogP contribution in [0.2, 0.25) is 0 Å². The zero-order valence-electron chi connectivity index (χ0n) is 16.1. The molecule has 4 aromatic rings. The summed E-state index contributed by atoms with van der Waals surface area (Å²) in [6.45, 7) is 0. The highest BCUT2D eigenvalue weighted by Gasteiger charge is 2.30. The maximum absolute atomic E-state index is 11.6. The molecule has 0 radical (unpaired) electrons. The quantitative estimate of drug-likeness (QED) is 0.270. The van der Waals surface area contributed by atoms with E-state index in [4.69, 9.17) is 9.72 Å². The number of carbonyl (C=O) groups is 1. The van der Waals surface area contributed by atoms with E-state index in [0.717, 1.165) is 37.9 Å². The molecule has 30 heavy (non-hydrogen) atoms. The molecular formula is C21H18N4O2S3. The molecule has 0 unspecified atom stereocenters. The van der Waals surface area contributed by atoms with Crippen LogP contribution in [0.25, 0.3) is 21.3 Å². The van der Waals surface area contributed by atoms with E-state index in [1.165, 1.54) is 20.0 Å². The van der Waals surface area contributed by atoms with Gasteiger partial charge in [0.05, 0.1) is 23.2 Å². The van der Waals surface area contributed by atoms with Gasteiger partial charge in [0.1, 0.15) is 5.01 Å². The number of ether oxygens (including phenoxy) is 1. The highest BCUT2D eigenvalue weighted by Crippen LogP contribution is 2.42. The first-order valence-electron chi connectivity index (χ1n) is 9.47. The molecule has 0 aliphatic heterocycles. The Morgan fingerprint density at radius 1 is 1.20 bits per heavy atom. The van der Waals surface area contributed by atoms with Gasteiger partial charge in [-0.2, -0.15) is 0 Å². The maximum Gasteiger partial charge on any atom is 0.337 e. The molecule has 0 atom stereocenters. The monoisotopic (exact) mass is 454 g/mol. The Hall–Kier alpha value is -2.49. The van der Waals surface area contributed by atoms with Crippen molar-refractivity contribution in [3.63, 3.8) is 0 Å². The SMILES string of the molecule is COC(=O)c1ccc(-c2nc(CSc3nnc(-c4cccs4)n3C3CC3)cs2)cc1. The average molecular weight is 455 g/mol. The summed E-state index contributed by atoms with van der Waals surface area (Å²) in [6, 6.07) is 12.0. The number of thioether (sulfide) groups is 1. The van der Waals surface area contributed by atoms with Crippen LogP contribution in [0.15, 0.2) is 52.3 Å². The molecule has 152 valence electrons. The number of hydrogen-bond acceptors (Lipinski definition) is 8.